The molecule has 0 spiro atoms. The normalized spacial score (nSPS) is 12.1. The first-order valence-electron chi connectivity index (χ1n) is 5.24. The zero-order valence-electron chi connectivity index (χ0n) is 9.39. The zero-order valence-corrected chi connectivity index (χ0v) is 9.39. The van der Waals surface area contributed by atoms with Gasteiger partial charge in [-0.2, -0.15) is 0 Å². The van der Waals surface area contributed by atoms with Crippen molar-refractivity contribution in [3.05, 3.63) is 48.2 Å². The molecule has 0 fully saturated rings. The quantitative estimate of drug-likeness (QED) is 0.852. The van der Waals surface area contributed by atoms with Gasteiger partial charge in [0.2, 0.25) is 0 Å². The Morgan fingerprint density at radius 1 is 1.41 bits per heavy atom. The van der Waals surface area contributed by atoms with Crippen molar-refractivity contribution in [2.45, 2.75) is 13.0 Å². The van der Waals surface area contributed by atoms with E-state index in [9.17, 15) is 4.39 Å². The average Bonchev–Trinajstić information content (AvgIpc) is 2.32. The number of anilines is 2. The molecule has 4 nitrogen and oxygen atoms in total. The molecule has 5 heteroatoms. The minimum atomic E-state index is -0.258. The second-order valence-electron chi connectivity index (χ2n) is 3.75. The van der Waals surface area contributed by atoms with Crippen molar-refractivity contribution in [1.82, 2.24) is 9.97 Å². The van der Waals surface area contributed by atoms with E-state index in [-0.39, 0.29) is 11.9 Å². The molecule has 1 aromatic heterocycles. The lowest BCUT2D eigenvalue weighted by Gasteiger charge is -2.15. The van der Waals surface area contributed by atoms with E-state index >= 15 is 0 Å². The molecule has 0 saturated heterocycles. The van der Waals surface area contributed by atoms with Gasteiger partial charge in [0.15, 0.2) is 5.82 Å². The first-order chi connectivity index (χ1) is 8.16. The van der Waals surface area contributed by atoms with Crippen molar-refractivity contribution < 1.29 is 4.39 Å². The fraction of sp³-hybridized carbons (Fsp3) is 0.167. The largest absolute Gasteiger partial charge is 0.394 e. The second-order valence-corrected chi connectivity index (χ2v) is 3.75. The van der Waals surface area contributed by atoms with Crippen molar-refractivity contribution in [3.63, 3.8) is 0 Å². The summed E-state index contributed by atoms with van der Waals surface area (Å²) in [6, 6.07) is 6.33. The molecule has 2 aromatic rings. The van der Waals surface area contributed by atoms with Gasteiger partial charge < -0.3 is 11.1 Å². The third-order valence-corrected chi connectivity index (χ3v) is 2.44. The van der Waals surface area contributed by atoms with Gasteiger partial charge in [-0.05, 0) is 24.6 Å². The summed E-state index contributed by atoms with van der Waals surface area (Å²) in [6.45, 7) is 1.91. The molecule has 0 amide bonds. The van der Waals surface area contributed by atoms with Gasteiger partial charge in [0.1, 0.15) is 12.1 Å². The Bertz CT molecular complexity index is 515. The lowest BCUT2D eigenvalue weighted by molar-refractivity contribution is 0.623. The molecule has 0 bridgehead atoms. The number of nitrogens with one attached hydrogen (secondary N) is 1. The number of aromatic nitrogens is 2. The summed E-state index contributed by atoms with van der Waals surface area (Å²) in [4.78, 5) is 7.83. The summed E-state index contributed by atoms with van der Waals surface area (Å²) in [5.74, 6) is 0.295. The first-order valence-corrected chi connectivity index (χ1v) is 5.24. The fourth-order valence-electron chi connectivity index (χ4n) is 1.53. The number of nitrogens with two attached hydrogens (primary N) is 1. The molecule has 2 rings (SSSR count). The maximum absolute atomic E-state index is 13.1. The highest BCUT2D eigenvalue weighted by atomic mass is 19.1. The van der Waals surface area contributed by atoms with Crippen LogP contribution in [-0.4, -0.2) is 9.97 Å². The number of rotatable bonds is 3. The van der Waals surface area contributed by atoms with Gasteiger partial charge in [-0.15, -0.1) is 0 Å². The molecule has 17 heavy (non-hydrogen) atoms. The van der Waals surface area contributed by atoms with Crippen molar-refractivity contribution in [2.75, 3.05) is 11.1 Å². The number of nitrogens with zero attached hydrogens (tertiary/aromatic N) is 2. The molecule has 3 N–H and O–H groups in total. The molecule has 1 heterocycles. The number of benzene rings is 1. The van der Waals surface area contributed by atoms with Crippen LogP contribution in [0.15, 0.2) is 36.8 Å². The van der Waals surface area contributed by atoms with Crippen LogP contribution in [0.4, 0.5) is 15.9 Å². The van der Waals surface area contributed by atoms with Crippen LogP contribution in [0.25, 0.3) is 0 Å². The van der Waals surface area contributed by atoms with E-state index in [0.29, 0.717) is 11.5 Å². The summed E-state index contributed by atoms with van der Waals surface area (Å²) in [6.07, 6.45) is 2.94. The summed E-state index contributed by atoms with van der Waals surface area (Å²) in [5, 5.41) is 3.11. The molecule has 0 aliphatic carbocycles. The van der Waals surface area contributed by atoms with Crippen molar-refractivity contribution >= 4 is 11.5 Å². The number of hydrogen-bond donors (Lipinski definition) is 2. The highest BCUT2D eigenvalue weighted by Crippen LogP contribution is 2.21. The second kappa shape index (κ2) is 4.78. The summed E-state index contributed by atoms with van der Waals surface area (Å²) in [5.41, 5.74) is 7.02. The molecular formula is C12H13FN4. The maximum atomic E-state index is 13.1. The van der Waals surface area contributed by atoms with E-state index < -0.39 is 0 Å². The van der Waals surface area contributed by atoms with Crippen LogP contribution in [0.2, 0.25) is 0 Å². The lowest BCUT2D eigenvalue weighted by atomic mass is 10.1. The molecule has 1 unspecified atom stereocenters. The Hall–Kier alpha value is -2.17. The topological polar surface area (TPSA) is 63.8 Å². The average molecular weight is 232 g/mol. The van der Waals surface area contributed by atoms with Crippen molar-refractivity contribution in [3.8, 4) is 0 Å². The standard InChI is InChI=1S/C12H13FN4/c1-8(9-3-2-4-10(13)5-9)17-12-11(14)6-15-7-16-12/h2-8H,14H2,1H3,(H,15,16,17). The van der Waals surface area contributed by atoms with Crippen LogP contribution in [0.1, 0.15) is 18.5 Å². The van der Waals surface area contributed by atoms with E-state index in [1.807, 2.05) is 13.0 Å². The Kier molecular flexibility index (Phi) is 3.18. The van der Waals surface area contributed by atoms with Gasteiger partial charge in [0, 0.05) is 0 Å². The monoisotopic (exact) mass is 232 g/mol. The van der Waals surface area contributed by atoms with E-state index in [1.54, 1.807) is 6.07 Å². The van der Waals surface area contributed by atoms with Crippen LogP contribution >= 0.6 is 0 Å². The van der Waals surface area contributed by atoms with Crippen LogP contribution in [-0.2, 0) is 0 Å². The third-order valence-electron chi connectivity index (χ3n) is 2.44. The molecule has 0 aliphatic rings. The molecule has 1 atom stereocenters. The van der Waals surface area contributed by atoms with Gasteiger partial charge in [0.25, 0.3) is 0 Å². The molecule has 88 valence electrons. The highest BCUT2D eigenvalue weighted by molar-refractivity contribution is 5.59. The van der Waals surface area contributed by atoms with Crippen LogP contribution in [0.5, 0.6) is 0 Å². The van der Waals surface area contributed by atoms with E-state index in [4.69, 9.17) is 5.73 Å². The minimum Gasteiger partial charge on any atom is -0.394 e. The fourth-order valence-corrected chi connectivity index (χ4v) is 1.53. The maximum Gasteiger partial charge on any atom is 0.153 e. The highest BCUT2D eigenvalue weighted by Gasteiger charge is 2.08. The Balaban J connectivity index is 2.17. The third kappa shape index (κ3) is 2.69. The molecule has 0 radical (unpaired) electrons. The van der Waals surface area contributed by atoms with E-state index in [1.165, 1.54) is 24.7 Å². The number of halogens is 1. The zero-order chi connectivity index (χ0) is 12.3. The van der Waals surface area contributed by atoms with Gasteiger partial charge in [-0.3, -0.25) is 0 Å². The predicted molar refractivity (Wildman–Crippen MR) is 64.9 cm³/mol. The van der Waals surface area contributed by atoms with E-state index in [0.717, 1.165) is 5.56 Å². The lowest BCUT2D eigenvalue weighted by Crippen LogP contribution is -2.10. The number of nitrogen functional groups attached to an aromatic ring is 1. The van der Waals surface area contributed by atoms with Crippen molar-refractivity contribution in [1.29, 1.82) is 0 Å². The molecule has 1 aromatic carbocycles. The van der Waals surface area contributed by atoms with E-state index in [2.05, 4.69) is 15.3 Å². The van der Waals surface area contributed by atoms with Gasteiger partial charge in [-0.1, -0.05) is 12.1 Å². The van der Waals surface area contributed by atoms with Gasteiger partial charge in [0.05, 0.1) is 17.9 Å². The van der Waals surface area contributed by atoms with Gasteiger partial charge >= 0.3 is 0 Å². The van der Waals surface area contributed by atoms with Crippen molar-refractivity contribution in [2.24, 2.45) is 0 Å². The van der Waals surface area contributed by atoms with Crippen LogP contribution < -0.4 is 11.1 Å². The molecule has 0 saturated carbocycles. The summed E-state index contributed by atoms with van der Waals surface area (Å²) < 4.78 is 13.1. The number of hydrogen-bond acceptors (Lipinski definition) is 4. The summed E-state index contributed by atoms with van der Waals surface area (Å²) >= 11 is 0. The Labute approximate surface area is 98.7 Å². The Morgan fingerprint density at radius 2 is 2.24 bits per heavy atom. The molecular weight excluding hydrogens is 219 g/mol. The van der Waals surface area contributed by atoms with Crippen LogP contribution in [0.3, 0.4) is 0 Å². The SMILES string of the molecule is CC(Nc1ncncc1N)c1cccc(F)c1. The first kappa shape index (κ1) is 11.3. The summed E-state index contributed by atoms with van der Waals surface area (Å²) in [7, 11) is 0. The van der Waals surface area contributed by atoms with Crippen LogP contribution in [0, 0.1) is 5.82 Å². The minimum absolute atomic E-state index is 0.0806. The smallest absolute Gasteiger partial charge is 0.153 e. The predicted octanol–water partition coefficient (Wildman–Crippen LogP) is 2.37. The Morgan fingerprint density at radius 3 is 2.94 bits per heavy atom. The van der Waals surface area contributed by atoms with Gasteiger partial charge in [-0.25, -0.2) is 14.4 Å². The molecule has 0 aliphatic heterocycles.